The van der Waals surface area contributed by atoms with Gasteiger partial charge in [-0.2, -0.15) is 0 Å². The van der Waals surface area contributed by atoms with Crippen LogP contribution in [-0.4, -0.2) is 23.7 Å². The Morgan fingerprint density at radius 3 is 2.92 bits per heavy atom. The maximum atomic E-state index is 5.51. The van der Waals surface area contributed by atoms with E-state index in [4.69, 9.17) is 9.26 Å². The molecule has 3 aromatic rings. The van der Waals surface area contributed by atoms with E-state index in [0.29, 0.717) is 6.04 Å². The Morgan fingerprint density at radius 2 is 2.17 bits per heavy atom. The first-order chi connectivity index (χ1) is 11.8. The molecule has 0 N–H and O–H groups in total. The molecule has 4 nitrogen and oxygen atoms in total. The smallest absolute Gasteiger partial charge is 0.177 e. The fourth-order valence-corrected chi connectivity index (χ4v) is 4.02. The standard InChI is InChI=1S/C19H20N2O2S/c1-22-16-8-6-14(7-9-16)17-4-2-10-21(17)13-15-12-18(23-20-15)19-5-3-11-24-19/h3,5-9,11-12,17H,2,4,10,13H2,1H3/t17-/m1/s1. The van der Waals surface area contributed by atoms with Crippen LogP contribution in [0.3, 0.4) is 0 Å². The number of ether oxygens (including phenoxy) is 1. The van der Waals surface area contributed by atoms with E-state index in [0.717, 1.165) is 35.2 Å². The summed E-state index contributed by atoms with van der Waals surface area (Å²) >= 11 is 1.67. The molecule has 0 unspecified atom stereocenters. The SMILES string of the molecule is COc1ccc([C@H]2CCCN2Cc2cc(-c3cccs3)on2)cc1. The Kier molecular flexibility index (Phi) is 4.36. The zero-order chi connectivity index (χ0) is 16.4. The second-order valence-corrected chi connectivity index (χ2v) is 7.01. The minimum Gasteiger partial charge on any atom is -0.497 e. The third kappa shape index (κ3) is 3.09. The van der Waals surface area contributed by atoms with E-state index in [1.165, 1.54) is 18.4 Å². The fraction of sp³-hybridized carbons (Fsp3) is 0.316. The van der Waals surface area contributed by atoms with Gasteiger partial charge in [0, 0.05) is 18.7 Å². The second-order valence-electron chi connectivity index (χ2n) is 6.06. The van der Waals surface area contributed by atoms with Gasteiger partial charge in [-0.1, -0.05) is 23.4 Å². The molecule has 0 amide bonds. The first-order valence-corrected chi connectivity index (χ1v) is 9.09. The fourth-order valence-electron chi connectivity index (χ4n) is 3.35. The van der Waals surface area contributed by atoms with Gasteiger partial charge in [0.15, 0.2) is 5.76 Å². The molecule has 0 bridgehead atoms. The highest BCUT2D eigenvalue weighted by Crippen LogP contribution is 2.34. The normalized spacial score (nSPS) is 18.1. The van der Waals surface area contributed by atoms with Crippen molar-refractivity contribution in [2.24, 2.45) is 0 Å². The molecule has 4 rings (SSSR count). The van der Waals surface area contributed by atoms with Crippen molar-refractivity contribution in [2.75, 3.05) is 13.7 Å². The summed E-state index contributed by atoms with van der Waals surface area (Å²) in [6.07, 6.45) is 2.40. The number of methoxy groups -OCH3 is 1. The predicted molar refractivity (Wildman–Crippen MR) is 95.2 cm³/mol. The van der Waals surface area contributed by atoms with E-state index in [1.807, 2.05) is 18.2 Å². The molecule has 24 heavy (non-hydrogen) atoms. The quantitative estimate of drug-likeness (QED) is 0.672. The van der Waals surface area contributed by atoms with Crippen molar-refractivity contribution in [1.29, 1.82) is 0 Å². The summed E-state index contributed by atoms with van der Waals surface area (Å²) in [4.78, 5) is 3.61. The van der Waals surface area contributed by atoms with Crippen molar-refractivity contribution in [2.45, 2.75) is 25.4 Å². The maximum absolute atomic E-state index is 5.51. The second kappa shape index (κ2) is 6.79. The number of benzene rings is 1. The molecule has 0 saturated carbocycles. The van der Waals surface area contributed by atoms with Crippen LogP contribution in [0.15, 0.2) is 52.4 Å². The van der Waals surface area contributed by atoms with E-state index >= 15 is 0 Å². The average molecular weight is 340 g/mol. The molecule has 124 valence electrons. The molecule has 1 saturated heterocycles. The van der Waals surface area contributed by atoms with Crippen LogP contribution in [0.25, 0.3) is 10.6 Å². The zero-order valence-electron chi connectivity index (χ0n) is 13.6. The van der Waals surface area contributed by atoms with Gasteiger partial charge in [-0.15, -0.1) is 11.3 Å². The van der Waals surface area contributed by atoms with Crippen LogP contribution in [0, 0.1) is 0 Å². The number of likely N-dealkylation sites (tertiary alicyclic amines) is 1. The van der Waals surface area contributed by atoms with Crippen LogP contribution >= 0.6 is 11.3 Å². The Morgan fingerprint density at radius 1 is 1.29 bits per heavy atom. The summed E-state index contributed by atoms with van der Waals surface area (Å²) in [5.74, 6) is 1.76. The lowest BCUT2D eigenvalue weighted by Gasteiger charge is -2.23. The molecular formula is C19H20N2O2S. The molecule has 1 atom stereocenters. The Labute approximate surface area is 145 Å². The van der Waals surface area contributed by atoms with Crippen molar-refractivity contribution >= 4 is 11.3 Å². The van der Waals surface area contributed by atoms with E-state index in [-0.39, 0.29) is 0 Å². The van der Waals surface area contributed by atoms with Crippen LogP contribution in [0.4, 0.5) is 0 Å². The number of hydrogen-bond acceptors (Lipinski definition) is 5. The lowest BCUT2D eigenvalue weighted by atomic mass is 10.0. The number of hydrogen-bond donors (Lipinski definition) is 0. The number of nitrogens with zero attached hydrogens (tertiary/aromatic N) is 2. The molecule has 2 aromatic heterocycles. The maximum Gasteiger partial charge on any atom is 0.177 e. The summed E-state index contributed by atoms with van der Waals surface area (Å²) in [6.45, 7) is 1.92. The molecule has 5 heteroatoms. The summed E-state index contributed by atoms with van der Waals surface area (Å²) in [5, 5.41) is 6.31. The zero-order valence-corrected chi connectivity index (χ0v) is 14.5. The van der Waals surface area contributed by atoms with Gasteiger partial charge in [-0.05, 0) is 48.5 Å². The van der Waals surface area contributed by atoms with E-state index < -0.39 is 0 Å². The number of rotatable bonds is 5. The molecule has 3 heterocycles. The molecule has 0 radical (unpaired) electrons. The van der Waals surface area contributed by atoms with Gasteiger partial charge in [-0.25, -0.2) is 0 Å². The monoisotopic (exact) mass is 340 g/mol. The van der Waals surface area contributed by atoms with Crippen molar-refractivity contribution in [3.8, 4) is 16.4 Å². The van der Waals surface area contributed by atoms with Gasteiger partial charge in [0.1, 0.15) is 5.75 Å². The van der Waals surface area contributed by atoms with Crippen molar-refractivity contribution < 1.29 is 9.26 Å². The van der Waals surface area contributed by atoms with Gasteiger partial charge < -0.3 is 9.26 Å². The lowest BCUT2D eigenvalue weighted by Crippen LogP contribution is -2.22. The van der Waals surface area contributed by atoms with Crippen LogP contribution in [0.5, 0.6) is 5.75 Å². The molecule has 1 fully saturated rings. The molecule has 0 aliphatic carbocycles. The lowest BCUT2D eigenvalue weighted by molar-refractivity contribution is 0.240. The van der Waals surface area contributed by atoms with Gasteiger partial charge in [0.2, 0.25) is 0 Å². The highest BCUT2D eigenvalue weighted by atomic mass is 32.1. The van der Waals surface area contributed by atoms with E-state index in [1.54, 1.807) is 18.4 Å². The third-order valence-corrected chi connectivity index (χ3v) is 5.44. The summed E-state index contributed by atoms with van der Waals surface area (Å²) < 4.78 is 10.8. The average Bonchev–Trinajstić information content (AvgIpc) is 3.37. The van der Waals surface area contributed by atoms with Crippen molar-refractivity contribution in [1.82, 2.24) is 10.1 Å². The van der Waals surface area contributed by atoms with E-state index in [9.17, 15) is 0 Å². The number of aromatic nitrogens is 1. The molecule has 1 aliphatic heterocycles. The first-order valence-electron chi connectivity index (χ1n) is 8.21. The van der Waals surface area contributed by atoms with Gasteiger partial charge in [0.25, 0.3) is 0 Å². The van der Waals surface area contributed by atoms with Crippen LogP contribution in [0.2, 0.25) is 0 Å². The molecule has 1 aromatic carbocycles. The van der Waals surface area contributed by atoms with Gasteiger partial charge >= 0.3 is 0 Å². The van der Waals surface area contributed by atoms with Crippen LogP contribution < -0.4 is 4.74 Å². The molecule has 1 aliphatic rings. The molecular weight excluding hydrogens is 320 g/mol. The Balaban J connectivity index is 1.49. The summed E-state index contributed by atoms with van der Waals surface area (Å²) in [5.41, 5.74) is 2.34. The van der Waals surface area contributed by atoms with Crippen LogP contribution in [0.1, 0.15) is 30.1 Å². The topological polar surface area (TPSA) is 38.5 Å². The van der Waals surface area contributed by atoms with Crippen LogP contribution in [-0.2, 0) is 6.54 Å². The summed E-state index contributed by atoms with van der Waals surface area (Å²) in [7, 11) is 1.70. The highest BCUT2D eigenvalue weighted by Gasteiger charge is 2.27. The van der Waals surface area contributed by atoms with Gasteiger partial charge in [0.05, 0.1) is 17.7 Å². The van der Waals surface area contributed by atoms with E-state index in [2.05, 4.69) is 39.7 Å². The summed E-state index contributed by atoms with van der Waals surface area (Å²) in [6, 6.07) is 15.0. The van der Waals surface area contributed by atoms with Gasteiger partial charge in [-0.3, -0.25) is 4.90 Å². The largest absolute Gasteiger partial charge is 0.497 e. The predicted octanol–water partition coefficient (Wildman–Crippen LogP) is 4.75. The Hall–Kier alpha value is -2.11. The van der Waals surface area contributed by atoms with Crippen molar-refractivity contribution in [3.63, 3.8) is 0 Å². The number of thiophene rings is 1. The minimum atomic E-state index is 0.442. The highest BCUT2D eigenvalue weighted by molar-refractivity contribution is 7.13. The molecule has 0 spiro atoms. The Bertz CT molecular complexity index is 780. The minimum absolute atomic E-state index is 0.442. The third-order valence-electron chi connectivity index (χ3n) is 4.55. The first kappa shape index (κ1) is 15.4. The van der Waals surface area contributed by atoms with Crippen molar-refractivity contribution in [3.05, 3.63) is 59.1 Å².